The Morgan fingerprint density at radius 2 is 2.00 bits per heavy atom. The van der Waals surface area contributed by atoms with E-state index < -0.39 is 0 Å². The van der Waals surface area contributed by atoms with Crippen molar-refractivity contribution in [2.75, 3.05) is 33.2 Å². The van der Waals surface area contributed by atoms with Gasteiger partial charge in [-0.15, -0.1) is 12.4 Å². The minimum Gasteiger partial charge on any atom is -0.335 e. The summed E-state index contributed by atoms with van der Waals surface area (Å²) in [7, 11) is 1.95. The average Bonchev–Trinajstić information content (AvgIpc) is 3.13. The molecule has 3 amide bonds. The number of likely N-dealkylation sites (tertiary alicyclic amines) is 1. The lowest BCUT2D eigenvalue weighted by Crippen LogP contribution is -2.48. The lowest BCUT2D eigenvalue weighted by Gasteiger charge is -2.31. The molecule has 1 unspecified atom stereocenters. The van der Waals surface area contributed by atoms with Gasteiger partial charge in [-0.2, -0.15) is 0 Å². The second-order valence-electron chi connectivity index (χ2n) is 5.60. The minimum atomic E-state index is -0.351. The third-order valence-corrected chi connectivity index (χ3v) is 3.63. The van der Waals surface area contributed by atoms with Crippen LogP contribution in [0.1, 0.15) is 25.7 Å². The van der Waals surface area contributed by atoms with Crippen LogP contribution in [0.4, 0.5) is 4.79 Å². The quantitative estimate of drug-likeness (QED) is 0.684. The number of hydrogen-bond donors (Lipinski definition) is 3. The topological polar surface area (TPSA) is 73.5 Å². The van der Waals surface area contributed by atoms with Crippen molar-refractivity contribution in [1.29, 1.82) is 0 Å². The molecule has 6 nitrogen and oxygen atoms in total. The molecule has 0 aromatic carbocycles. The van der Waals surface area contributed by atoms with Gasteiger partial charge in [0.05, 0.1) is 6.54 Å². The lowest BCUT2D eigenvalue weighted by atomic mass is 9.98. The van der Waals surface area contributed by atoms with Gasteiger partial charge in [-0.1, -0.05) is 0 Å². The second-order valence-corrected chi connectivity index (χ2v) is 5.60. The standard InChI is InChI=1S/C13H24N4O2.ClH/c1-14-7-10-3-2-6-17(8-10)9-12(18)16-13(19)15-11-4-5-11;/h10-11,14H,2-9H2,1H3,(H2,15,16,18,19);1H. The highest BCUT2D eigenvalue weighted by Crippen LogP contribution is 2.18. The predicted molar refractivity (Wildman–Crippen MR) is 80.0 cm³/mol. The van der Waals surface area contributed by atoms with Crippen LogP contribution in [-0.4, -0.2) is 56.1 Å². The van der Waals surface area contributed by atoms with E-state index in [9.17, 15) is 9.59 Å². The molecule has 0 spiro atoms. The van der Waals surface area contributed by atoms with Crippen molar-refractivity contribution in [3.8, 4) is 0 Å². The molecule has 1 heterocycles. The van der Waals surface area contributed by atoms with E-state index in [1.54, 1.807) is 0 Å². The third kappa shape index (κ3) is 6.07. The van der Waals surface area contributed by atoms with Crippen molar-refractivity contribution in [2.45, 2.75) is 31.7 Å². The molecule has 2 fully saturated rings. The van der Waals surface area contributed by atoms with Gasteiger partial charge in [0, 0.05) is 12.6 Å². The summed E-state index contributed by atoms with van der Waals surface area (Å²) in [5, 5.41) is 8.33. The van der Waals surface area contributed by atoms with Gasteiger partial charge in [0.2, 0.25) is 5.91 Å². The highest BCUT2D eigenvalue weighted by molar-refractivity contribution is 5.95. The minimum absolute atomic E-state index is 0. The van der Waals surface area contributed by atoms with Gasteiger partial charge in [0.15, 0.2) is 0 Å². The van der Waals surface area contributed by atoms with Crippen LogP contribution in [-0.2, 0) is 4.79 Å². The number of hydrogen-bond acceptors (Lipinski definition) is 4. The Morgan fingerprint density at radius 3 is 2.65 bits per heavy atom. The van der Waals surface area contributed by atoms with Gasteiger partial charge in [-0.05, 0) is 51.7 Å². The van der Waals surface area contributed by atoms with Gasteiger partial charge in [-0.3, -0.25) is 15.0 Å². The zero-order chi connectivity index (χ0) is 13.7. The Bertz CT molecular complexity index is 334. The van der Waals surface area contributed by atoms with Crippen molar-refractivity contribution < 1.29 is 9.59 Å². The SMILES string of the molecule is CNCC1CCCN(CC(=O)NC(=O)NC2CC2)C1.Cl. The number of carbonyl (C=O) groups is 2. The van der Waals surface area contributed by atoms with Gasteiger partial charge < -0.3 is 10.6 Å². The Morgan fingerprint density at radius 1 is 1.25 bits per heavy atom. The predicted octanol–water partition coefficient (Wildman–Crippen LogP) is 0.328. The fourth-order valence-corrected chi connectivity index (χ4v) is 2.57. The van der Waals surface area contributed by atoms with Crippen LogP contribution in [0.25, 0.3) is 0 Å². The number of carbonyl (C=O) groups excluding carboxylic acids is 2. The summed E-state index contributed by atoms with van der Waals surface area (Å²) in [6.07, 6.45) is 4.38. The van der Waals surface area contributed by atoms with E-state index in [1.807, 2.05) is 7.05 Å². The summed E-state index contributed by atoms with van der Waals surface area (Å²) in [6, 6.07) is -0.0703. The normalized spacial score (nSPS) is 22.8. The van der Waals surface area contributed by atoms with E-state index >= 15 is 0 Å². The number of amides is 3. The Balaban J connectivity index is 0.00000200. The molecule has 7 heteroatoms. The van der Waals surface area contributed by atoms with Crippen LogP contribution < -0.4 is 16.0 Å². The smallest absolute Gasteiger partial charge is 0.321 e. The molecule has 1 saturated heterocycles. The summed E-state index contributed by atoms with van der Waals surface area (Å²) in [4.78, 5) is 25.3. The van der Waals surface area contributed by atoms with E-state index in [2.05, 4.69) is 20.9 Å². The molecule has 0 aromatic rings. The van der Waals surface area contributed by atoms with Crippen molar-refractivity contribution in [3.63, 3.8) is 0 Å². The van der Waals surface area contributed by atoms with Crippen LogP contribution in [0.15, 0.2) is 0 Å². The zero-order valence-corrected chi connectivity index (χ0v) is 12.8. The van der Waals surface area contributed by atoms with Crippen molar-refractivity contribution in [1.82, 2.24) is 20.9 Å². The summed E-state index contributed by atoms with van der Waals surface area (Å²) in [6.45, 7) is 3.18. The molecular weight excluding hydrogens is 280 g/mol. The van der Waals surface area contributed by atoms with Crippen molar-refractivity contribution in [2.24, 2.45) is 5.92 Å². The molecule has 2 aliphatic rings. The zero-order valence-electron chi connectivity index (χ0n) is 12.0. The van der Waals surface area contributed by atoms with Crippen molar-refractivity contribution in [3.05, 3.63) is 0 Å². The first kappa shape index (κ1) is 17.2. The maximum absolute atomic E-state index is 11.8. The number of halogens is 1. The summed E-state index contributed by atoms with van der Waals surface area (Å²) in [5.41, 5.74) is 0. The highest BCUT2D eigenvalue weighted by Gasteiger charge is 2.25. The van der Waals surface area contributed by atoms with E-state index in [-0.39, 0.29) is 30.4 Å². The Hall–Kier alpha value is -0.850. The van der Waals surface area contributed by atoms with Crippen LogP contribution in [0.5, 0.6) is 0 Å². The monoisotopic (exact) mass is 304 g/mol. The first-order chi connectivity index (χ1) is 9.17. The number of piperidine rings is 1. The molecule has 1 aliphatic carbocycles. The van der Waals surface area contributed by atoms with Crippen molar-refractivity contribution >= 4 is 24.3 Å². The Labute approximate surface area is 126 Å². The number of imide groups is 1. The first-order valence-corrected chi connectivity index (χ1v) is 7.14. The molecule has 0 bridgehead atoms. The molecule has 1 aliphatic heterocycles. The fraction of sp³-hybridized carbons (Fsp3) is 0.846. The molecule has 1 atom stereocenters. The van der Waals surface area contributed by atoms with Gasteiger partial charge in [0.1, 0.15) is 0 Å². The number of urea groups is 1. The molecule has 2 rings (SSSR count). The molecular formula is C13H25ClN4O2. The van der Waals surface area contributed by atoms with E-state index in [0.29, 0.717) is 12.5 Å². The fourth-order valence-electron chi connectivity index (χ4n) is 2.57. The summed E-state index contributed by atoms with van der Waals surface area (Å²) in [5.74, 6) is 0.398. The molecule has 20 heavy (non-hydrogen) atoms. The van der Waals surface area contributed by atoms with Gasteiger partial charge in [0.25, 0.3) is 0 Å². The second kappa shape index (κ2) is 8.44. The molecule has 0 aromatic heterocycles. The maximum atomic E-state index is 11.8. The maximum Gasteiger partial charge on any atom is 0.321 e. The van der Waals surface area contributed by atoms with E-state index in [1.165, 1.54) is 6.42 Å². The number of nitrogens with zero attached hydrogens (tertiary/aromatic N) is 1. The summed E-state index contributed by atoms with van der Waals surface area (Å²) >= 11 is 0. The largest absolute Gasteiger partial charge is 0.335 e. The number of nitrogens with one attached hydrogen (secondary N) is 3. The van der Waals surface area contributed by atoms with Crippen LogP contribution in [0.2, 0.25) is 0 Å². The molecule has 116 valence electrons. The lowest BCUT2D eigenvalue weighted by molar-refractivity contribution is -0.121. The molecule has 3 N–H and O–H groups in total. The van der Waals surface area contributed by atoms with Gasteiger partial charge >= 0.3 is 6.03 Å². The van der Waals surface area contributed by atoms with E-state index in [4.69, 9.17) is 0 Å². The average molecular weight is 305 g/mol. The van der Waals surface area contributed by atoms with Crippen LogP contribution in [0, 0.1) is 5.92 Å². The van der Waals surface area contributed by atoms with Gasteiger partial charge in [-0.25, -0.2) is 4.79 Å². The van der Waals surface area contributed by atoms with Crippen LogP contribution >= 0.6 is 12.4 Å². The molecule has 0 radical (unpaired) electrons. The third-order valence-electron chi connectivity index (χ3n) is 3.63. The molecule has 1 saturated carbocycles. The Kier molecular flexibility index (Phi) is 7.26. The number of rotatable bonds is 5. The summed E-state index contributed by atoms with van der Waals surface area (Å²) < 4.78 is 0. The highest BCUT2D eigenvalue weighted by atomic mass is 35.5. The first-order valence-electron chi connectivity index (χ1n) is 7.14. The van der Waals surface area contributed by atoms with E-state index in [0.717, 1.165) is 38.9 Å². The van der Waals surface area contributed by atoms with Crippen LogP contribution in [0.3, 0.4) is 0 Å².